The van der Waals surface area contributed by atoms with Crippen molar-refractivity contribution in [3.8, 4) is 0 Å². The minimum Gasteiger partial charge on any atom is -0.462 e. The number of rotatable bonds is 3. The lowest BCUT2D eigenvalue weighted by atomic mass is 11.9. The highest BCUT2D eigenvalue weighted by Gasteiger charge is 1.97. The average Bonchev–Trinajstić information content (AvgIpc) is 1.68. The maximum Gasteiger partial charge on any atom is 0.174 e. The summed E-state index contributed by atoms with van der Waals surface area (Å²) in [6, 6.07) is 0. The topological polar surface area (TPSA) is 9.23 Å². The predicted octanol–water partition coefficient (Wildman–Crippen LogP) is 0.266. The van der Waals surface area contributed by atoms with Gasteiger partial charge in [0.15, 0.2) is 9.04 Å². The number of halogens is 1. The molecule has 0 fully saturated rings. The lowest BCUT2D eigenvalue weighted by Gasteiger charge is -2.02. The van der Waals surface area contributed by atoms with Crippen molar-refractivity contribution < 1.29 is 4.12 Å². The predicted molar refractivity (Wildman–Crippen MR) is 39.2 cm³/mol. The zero-order valence-electron chi connectivity index (χ0n) is 4.78. The molecule has 7 heavy (non-hydrogen) atoms. The van der Waals surface area contributed by atoms with E-state index in [2.05, 4.69) is 13.1 Å². The van der Waals surface area contributed by atoms with E-state index in [0.717, 1.165) is 5.50 Å². The van der Waals surface area contributed by atoms with Crippen molar-refractivity contribution in [2.75, 3.05) is 5.50 Å². The molecule has 0 aromatic heterocycles. The molecule has 0 saturated carbocycles. The first-order chi connectivity index (χ1) is 3.31. The molecule has 0 rings (SSSR count). The van der Waals surface area contributed by atoms with E-state index in [1.54, 1.807) is 0 Å². The molecule has 0 aliphatic heterocycles. The summed E-state index contributed by atoms with van der Waals surface area (Å²) in [6.07, 6.45) is 0. The molecule has 0 aliphatic carbocycles. The third-order valence-electron chi connectivity index (χ3n) is 0.668. The molecule has 0 heterocycles. The summed E-state index contributed by atoms with van der Waals surface area (Å²) in [5.41, 5.74) is 0.765. The van der Waals surface area contributed by atoms with Crippen LogP contribution >= 0.6 is 11.6 Å². The summed E-state index contributed by atoms with van der Waals surface area (Å²) < 4.78 is 5.34. The molecular weight excluding hydrogens is 144 g/mol. The molecule has 0 aliphatic rings. The Morgan fingerprint density at radius 1 is 1.86 bits per heavy atom. The van der Waals surface area contributed by atoms with Gasteiger partial charge in [-0.3, -0.25) is 0 Å². The van der Waals surface area contributed by atoms with Gasteiger partial charge in [-0.1, -0.05) is 6.55 Å². The smallest absolute Gasteiger partial charge is 0.174 e. The molecule has 1 unspecified atom stereocenters. The molecule has 0 aromatic carbocycles. The van der Waals surface area contributed by atoms with E-state index in [1.165, 1.54) is 0 Å². The second-order valence-corrected chi connectivity index (χ2v) is 6.19. The fourth-order valence-corrected chi connectivity index (χ4v) is 3.76. The van der Waals surface area contributed by atoms with Crippen molar-refractivity contribution >= 4 is 30.4 Å². The van der Waals surface area contributed by atoms with Crippen molar-refractivity contribution in [2.24, 2.45) is 0 Å². The van der Waals surface area contributed by atoms with Crippen LogP contribution in [0.4, 0.5) is 0 Å². The molecule has 0 spiro atoms. The Morgan fingerprint density at radius 2 is 2.43 bits per heavy atom. The van der Waals surface area contributed by atoms with E-state index in [4.69, 9.17) is 15.7 Å². The van der Waals surface area contributed by atoms with Crippen molar-refractivity contribution in [1.29, 1.82) is 0 Å². The fraction of sp³-hybridized carbons (Fsp3) is 1.00. The standard InChI is InChI=1S/C3H11ClOSi2/c1-6-5-7(2)3-4/h7H,3,6H2,1-2H3. The van der Waals surface area contributed by atoms with Gasteiger partial charge in [-0.05, 0) is 6.55 Å². The molecular formula is C3H11ClOSi2. The van der Waals surface area contributed by atoms with Crippen LogP contribution in [0.2, 0.25) is 13.1 Å². The monoisotopic (exact) mass is 154 g/mol. The highest BCUT2D eigenvalue weighted by atomic mass is 35.5. The van der Waals surface area contributed by atoms with Gasteiger partial charge in [-0.25, -0.2) is 0 Å². The summed E-state index contributed by atoms with van der Waals surface area (Å²) in [5, 5.41) is 0. The second-order valence-electron chi connectivity index (χ2n) is 1.42. The van der Waals surface area contributed by atoms with Crippen molar-refractivity contribution in [1.82, 2.24) is 0 Å². The maximum atomic E-state index is 5.49. The summed E-state index contributed by atoms with van der Waals surface area (Å²) in [7, 11) is -1.02. The molecule has 0 bridgehead atoms. The quantitative estimate of drug-likeness (QED) is 0.419. The average molecular weight is 155 g/mol. The Balaban J connectivity index is 2.83. The van der Waals surface area contributed by atoms with E-state index in [-0.39, 0.29) is 9.76 Å². The number of hydrogen-bond donors (Lipinski definition) is 0. The zero-order valence-corrected chi connectivity index (χ0v) is 8.10. The summed E-state index contributed by atoms with van der Waals surface area (Å²) in [4.78, 5) is 0. The number of hydrogen-bond acceptors (Lipinski definition) is 1. The molecule has 44 valence electrons. The largest absolute Gasteiger partial charge is 0.462 e. The van der Waals surface area contributed by atoms with Crippen molar-refractivity contribution in [3.05, 3.63) is 0 Å². The lowest BCUT2D eigenvalue weighted by molar-refractivity contribution is 0.628. The first-order valence-corrected chi connectivity index (χ1v) is 7.45. The van der Waals surface area contributed by atoms with Crippen LogP contribution in [-0.2, 0) is 4.12 Å². The van der Waals surface area contributed by atoms with Crippen LogP contribution in [-0.4, -0.2) is 24.3 Å². The fourth-order valence-electron chi connectivity index (χ4n) is 0.329. The van der Waals surface area contributed by atoms with Gasteiger partial charge in [0.05, 0.1) is 0 Å². The van der Waals surface area contributed by atoms with Crippen molar-refractivity contribution in [2.45, 2.75) is 13.1 Å². The minimum atomic E-state index is -0.854. The van der Waals surface area contributed by atoms with Crippen LogP contribution in [0.5, 0.6) is 0 Å². The highest BCUT2D eigenvalue weighted by Crippen LogP contribution is 1.85. The van der Waals surface area contributed by atoms with E-state index >= 15 is 0 Å². The van der Waals surface area contributed by atoms with Gasteiger partial charge in [-0.15, -0.1) is 11.6 Å². The summed E-state index contributed by atoms with van der Waals surface area (Å²) in [6.45, 7) is 4.26. The van der Waals surface area contributed by atoms with Gasteiger partial charge >= 0.3 is 0 Å². The molecule has 1 nitrogen and oxygen atoms in total. The SMILES string of the molecule is C[SiH2]O[SiH](C)CCl. The van der Waals surface area contributed by atoms with Crippen LogP contribution in [0.3, 0.4) is 0 Å². The zero-order chi connectivity index (χ0) is 5.70. The maximum absolute atomic E-state index is 5.49. The van der Waals surface area contributed by atoms with Gasteiger partial charge in [0.1, 0.15) is 9.76 Å². The molecule has 0 amide bonds. The van der Waals surface area contributed by atoms with E-state index in [9.17, 15) is 0 Å². The van der Waals surface area contributed by atoms with Crippen LogP contribution < -0.4 is 0 Å². The Labute approximate surface area is 53.7 Å². The van der Waals surface area contributed by atoms with E-state index in [0.29, 0.717) is 0 Å². The first-order valence-electron chi connectivity index (χ1n) is 2.48. The number of alkyl halides is 1. The Bertz CT molecular complexity index is 43.9. The third-order valence-corrected chi connectivity index (χ3v) is 6.02. The summed E-state index contributed by atoms with van der Waals surface area (Å²) in [5.74, 6) is 0. The van der Waals surface area contributed by atoms with E-state index in [1.807, 2.05) is 0 Å². The Kier molecular flexibility index (Phi) is 5.31. The van der Waals surface area contributed by atoms with Gasteiger partial charge in [0.25, 0.3) is 0 Å². The molecule has 4 heteroatoms. The normalized spacial score (nSPS) is 15.9. The van der Waals surface area contributed by atoms with Crippen LogP contribution in [0.1, 0.15) is 0 Å². The highest BCUT2D eigenvalue weighted by molar-refractivity contribution is 6.64. The Hall–Kier alpha value is 0.684. The second kappa shape index (κ2) is 4.83. The van der Waals surface area contributed by atoms with Gasteiger partial charge in [0.2, 0.25) is 0 Å². The molecule has 0 aromatic rings. The van der Waals surface area contributed by atoms with E-state index < -0.39 is 9.04 Å². The minimum absolute atomic E-state index is 0.167. The Morgan fingerprint density at radius 3 is 2.57 bits per heavy atom. The van der Waals surface area contributed by atoms with Crippen LogP contribution in [0, 0.1) is 0 Å². The summed E-state index contributed by atoms with van der Waals surface area (Å²) >= 11 is 5.49. The third kappa shape index (κ3) is 4.54. The van der Waals surface area contributed by atoms with Crippen LogP contribution in [0.15, 0.2) is 0 Å². The lowest BCUT2D eigenvalue weighted by Crippen LogP contribution is -2.16. The molecule has 1 atom stereocenters. The van der Waals surface area contributed by atoms with Gasteiger partial charge in [0, 0.05) is 5.50 Å². The molecule has 0 radical (unpaired) electrons. The molecule has 0 N–H and O–H groups in total. The van der Waals surface area contributed by atoms with Crippen LogP contribution in [0.25, 0.3) is 0 Å². The first kappa shape index (κ1) is 7.68. The van der Waals surface area contributed by atoms with Gasteiger partial charge < -0.3 is 4.12 Å². The molecule has 0 saturated heterocycles. The van der Waals surface area contributed by atoms with Crippen molar-refractivity contribution in [3.63, 3.8) is 0 Å². The van der Waals surface area contributed by atoms with Gasteiger partial charge in [-0.2, -0.15) is 0 Å².